The smallest absolute Gasteiger partial charge is 0.263 e. The highest BCUT2D eigenvalue weighted by Gasteiger charge is 2.30. The molecule has 0 aromatic heterocycles. The Hall–Kier alpha value is -3.26. The molecule has 0 amide bonds. The molecule has 0 fully saturated rings. The quantitative estimate of drug-likeness (QED) is 0.289. The predicted molar refractivity (Wildman–Crippen MR) is 149 cm³/mol. The first kappa shape index (κ1) is 26.3. The minimum atomic E-state index is -0.458. The second kappa shape index (κ2) is 13.6. The van der Waals surface area contributed by atoms with E-state index in [1.807, 2.05) is 36.4 Å². The van der Waals surface area contributed by atoms with Gasteiger partial charge in [-0.25, -0.2) is 0 Å². The highest BCUT2D eigenvalue weighted by molar-refractivity contribution is 5.85. The summed E-state index contributed by atoms with van der Waals surface area (Å²) in [7, 11) is 0. The molecule has 0 spiro atoms. The minimum absolute atomic E-state index is 0.458. The van der Waals surface area contributed by atoms with Crippen LogP contribution in [-0.2, 0) is 9.47 Å². The van der Waals surface area contributed by atoms with E-state index in [9.17, 15) is 0 Å². The molecule has 0 aliphatic carbocycles. The van der Waals surface area contributed by atoms with Gasteiger partial charge in [-0.15, -0.1) is 0 Å². The number of hydrogen-bond acceptors (Lipinski definition) is 2. The standard InChI is InChI=1S/C33H40O2/c1-25(2)15-12-16-26(3)17-13-18-27(4)19-14-20-28(5)33-34-31(29-21-8-6-9-22-29)32(35-33)30-23-10-7-11-24-30/h6-11,15,17,19,21-24,33H,5,12-14,16,18,20H2,1-4H3. The first-order valence-corrected chi connectivity index (χ1v) is 12.7. The van der Waals surface area contributed by atoms with Crippen LogP contribution in [0.15, 0.2) is 108 Å². The zero-order chi connectivity index (χ0) is 25.0. The van der Waals surface area contributed by atoms with Crippen molar-refractivity contribution < 1.29 is 9.47 Å². The van der Waals surface area contributed by atoms with Crippen LogP contribution in [0.4, 0.5) is 0 Å². The molecule has 2 aromatic rings. The predicted octanol–water partition coefficient (Wildman–Crippen LogP) is 9.64. The second-order valence-electron chi connectivity index (χ2n) is 9.61. The van der Waals surface area contributed by atoms with Crippen molar-refractivity contribution in [1.29, 1.82) is 0 Å². The van der Waals surface area contributed by atoms with Crippen molar-refractivity contribution in [3.63, 3.8) is 0 Å². The third kappa shape index (κ3) is 8.47. The summed E-state index contributed by atoms with van der Waals surface area (Å²) < 4.78 is 12.6. The van der Waals surface area contributed by atoms with E-state index in [-0.39, 0.29) is 0 Å². The Labute approximate surface area is 212 Å². The summed E-state index contributed by atoms with van der Waals surface area (Å²) in [5.74, 6) is 1.56. The topological polar surface area (TPSA) is 18.5 Å². The molecule has 0 N–H and O–H groups in total. The summed E-state index contributed by atoms with van der Waals surface area (Å²) >= 11 is 0. The van der Waals surface area contributed by atoms with Gasteiger partial charge in [0.1, 0.15) is 0 Å². The summed E-state index contributed by atoms with van der Waals surface area (Å²) in [5.41, 5.74) is 7.30. The lowest BCUT2D eigenvalue weighted by atomic mass is 10.0. The van der Waals surface area contributed by atoms with Crippen molar-refractivity contribution in [2.75, 3.05) is 0 Å². The lowest BCUT2D eigenvalue weighted by Crippen LogP contribution is -2.11. The van der Waals surface area contributed by atoms with Crippen LogP contribution in [0.1, 0.15) is 77.3 Å². The highest BCUT2D eigenvalue weighted by Crippen LogP contribution is 2.39. The largest absolute Gasteiger partial charge is 0.446 e. The first-order valence-electron chi connectivity index (χ1n) is 12.7. The van der Waals surface area contributed by atoms with E-state index in [2.05, 4.69) is 76.8 Å². The summed E-state index contributed by atoms with van der Waals surface area (Å²) in [6.45, 7) is 13.1. The van der Waals surface area contributed by atoms with Crippen molar-refractivity contribution in [1.82, 2.24) is 0 Å². The van der Waals surface area contributed by atoms with Crippen molar-refractivity contribution in [3.05, 3.63) is 119 Å². The maximum Gasteiger partial charge on any atom is 0.263 e. The fourth-order valence-electron chi connectivity index (χ4n) is 4.05. The first-order chi connectivity index (χ1) is 16.9. The third-order valence-corrected chi connectivity index (χ3v) is 6.14. The van der Waals surface area contributed by atoms with Gasteiger partial charge in [0.2, 0.25) is 0 Å². The van der Waals surface area contributed by atoms with E-state index in [1.165, 1.54) is 16.7 Å². The Morgan fingerprint density at radius 2 is 1.09 bits per heavy atom. The Morgan fingerprint density at radius 3 is 1.54 bits per heavy atom. The molecule has 0 saturated heterocycles. The molecule has 1 aliphatic heterocycles. The van der Waals surface area contributed by atoms with Crippen LogP contribution in [0.2, 0.25) is 0 Å². The third-order valence-electron chi connectivity index (χ3n) is 6.14. The van der Waals surface area contributed by atoms with Crippen LogP contribution in [0.3, 0.4) is 0 Å². The van der Waals surface area contributed by atoms with Gasteiger partial charge in [-0.3, -0.25) is 0 Å². The number of hydrogen-bond donors (Lipinski definition) is 0. The van der Waals surface area contributed by atoms with Crippen molar-refractivity contribution in [2.45, 2.75) is 72.5 Å². The average Bonchev–Trinajstić information content (AvgIpc) is 3.31. The zero-order valence-electron chi connectivity index (χ0n) is 21.8. The summed E-state index contributed by atoms with van der Waals surface area (Å²) in [6, 6.07) is 20.3. The molecule has 2 nitrogen and oxygen atoms in total. The average molecular weight is 469 g/mol. The van der Waals surface area contributed by atoms with Gasteiger partial charge in [0.05, 0.1) is 0 Å². The molecule has 0 saturated carbocycles. The van der Waals surface area contributed by atoms with Crippen molar-refractivity contribution in [2.24, 2.45) is 0 Å². The molecular formula is C33H40O2. The Morgan fingerprint density at radius 1 is 0.657 bits per heavy atom. The van der Waals surface area contributed by atoms with Gasteiger partial charge in [0, 0.05) is 16.7 Å². The van der Waals surface area contributed by atoms with Crippen LogP contribution in [0.25, 0.3) is 11.5 Å². The van der Waals surface area contributed by atoms with Crippen LogP contribution in [0, 0.1) is 0 Å². The summed E-state index contributed by atoms with van der Waals surface area (Å²) in [6.07, 6.45) is 12.8. The molecule has 35 heavy (non-hydrogen) atoms. The molecule has 0 atom stereocenters. The Kier molecular flexibility index (Phi) is 10.2. The Balaban J connectivity index is 1.51. The van der Waals surface area contributed by atoms with E-state index in [0.29, 0.717) is 0 Å². The van der Waals surface area contributed by atoms with E-state index in [1.54, 1.807) is 0 Å². The van der Waals surface area contributed by atoms with E-state index in [0.717, 1.165) is 66.7 Å². The highest BCUT2D eigenvalue weighted by atomic mass is 16.7. The maximum atomic E-state index is 6.30. The normalized spacial score (nSPS) is 14.5. The number of ether oxygens (including phenoxy) is 2. The molecule has 2 heteroatoms. The monoisotopic (exact) mass is 468 g/mol. The van der Waals surface area contributed by atoms with Crippen LogP contribution in [-0.4, -0.2) is 6.29 Å². The molecule has 184 valence electrons. The van der Waals surface area contributed by atoms with E-state index in [4.69, 9.17) is 9.47 Å². The van der Waals surface area contributed by atoms with E-state index < -0.39 is 6.29 Å². The number of allylic oxidation sites excluding steroid dienone is 6. The molecule has 2 aromatic carbocycles. The fourth-order valence-corrected chi connectivity index (χ4v) is 4.05. The SMILES string of the molecule is C=C(CCC=C(C)CCC=C(C)CCC=C(C)C)C1OC(c2ccccc2)=C(c2ccccc2)O1. The molecule has 1 heterocycles. The van der Waals surface area contributed by atoms with Crippen LogP contribution < -0.4 is 0 Å². The van der Waals surface area contributed by atoms with Crippen molar-refractivity contribution in [3.8, 4) is 0 Å². The van der Waals surface area contributed by atoms with E-state index >= 15 is 0 Å². The molecule has 1 aliphatic rings. The minimum Gasteiger partial charge on any atom is -0.446 e. The van der Waals surface area contributed by atoms with Gasteiger partial charge < -0.3 is 9.47 Å². The zero-order valence-corrected chi connectivity index (χ0v) is 21.8. The lowest BCUT2D eigenvalue weighted by molar-refractivity contribution is 0.0233. The molecule has 0 unspecified atom stereocenters. The molecule has 0 radical (unpaired) electrons. The fraction of sp³-hybridized carbons (Fsp3) is 0.333. The second-order valence-corrected chi connectivity index (χ2v) is 9.61. The molecule has 3 rings (SSSR count). The van der Waals surface area contributed by atoms with Gasteiger partial charge in [0.25, 0.3) is 6.29 Å². The van der Waals surface area contributed by atoms with Gasteiger partial charge in [-0.2, -0.15) is 0 Å². The molecule has 0 bridgehead atoms. The van der Waals surface area contributed by atoms with Gasteiger partial charge >= 0.3 is 0 Å². The Bertz CT molecular complexity index is 1030. The lowest BCUT2D eigenvalue weighted by Gasteiger charge is -2.15. The van der Waals surface area contributed by atoms with Crippen LogP contribution >= 0.6 is 0 Å². The summed E-state index contributed by atoms with van der Waals surface area (Å²) in [5, 5.41) is 0. The molecular weight excluding hydrogens is 428 g/mol. The summed E-state index contributed by atoms with van der Waals surface area (Å²) in [4.78, 5) is 0. The number of benzene rings is 2. The van der Waals surface area contributed by atoms with Gasteiger partial charge in [-0.1, -0.05) is 102 Å². The number of rotatable bonds is 12. The van der Waals surface area contributed by atoms with Gasteiger partial charge in [0.15, 0.2) is 11.5 Å². The maximum absolute atomic E-state index is 6.30. The van der Waals surface area contributed by atoms with Gasteiger partial charge in [-0.05, 0) is 66.2 Å². The van der Waals surface area contributed by atoms with Crippen LogP contribution in [0.5, 0.6) is 0 Å². The van der Waals surface area contributed by atoms with Crippen molar-refractivity contribution >= 4 is 11.5 Å².